The van der Waals surface area contributed by atoms with Crippen LogP contribution in [0.5, 0.6) is 11.8 Å². The third-order valence-corrected chi connectivity index (χ3v) is 7.30. The number of carbonyl (C=O) groups is 1. The molecular formula is C28H32ClF2N5O3. The summed E-state index contributed by atoms with van der Waals surface area (Å²) in [6.45, 7) is 13.4. The van der Waals surface area contributed by atoms with E-state index in [9.17, 15) is 14.3 Å². The van der Waals surface area contributed by atoms with E-state index in [4.69, 9.17) is 16.3 Å². The van der Waals surface area contributed by atoms with E-state index in [1.54, 1.807) is 4.90 Å². The van der Waals surface area contributed by atoms with Crippen LogP contribution in [-0.2, 0) is 4.79 Å². The first-order chi connectivity index (χ1) is 18.7. The van der Waals surface area contributed by atoms with Gasteiger partial charge in [0.1, 0.15) is 29.5 Å². The summed E-state index contributed by atoms with van der Waals surface area (Å²) in [7, 11) is 0. The molecule has 1 atom stereocenters. The van der Waals surface area contributed by atoms with E-state index < -0.39 is 17.4 Å². The second-order valence-corrected chi connectivity index (χ2v) is 9.72. The lowest BCUT2D eigenvalue weighted by Crippen LogP contribution is -2.54. The molecule has 0 saturated carbocycles. The van der Waals surface area contributed by atoms with E-state index in [0.717, 1.165) is 19.2 Å². The number of amides is 1. The Hall–Kier alpha value is -3.50. The lowest BCUT2D eigenvalue weighted by Gasteiger charge is -2.40. The molecule has 2 aromatic carbocycles. The molecule has 0 unspecified atom stereocenters. The smallest absolute Gasteiger partial charge is 0.319 e. The van der Waals surface area contributed by atoms with Crippen molar-refractivity contribution < 1.29 is 23.4 Å². The number of rotatable bonds is 9. The van der Waals surface area contributed by atoms with Crippen molar-refractivity contribution in [2.45, 2.75) is 26.8 Å². The summed E-state index contributed by atoms with van der Waals surface area (Å²) < 4.78 is 36.8. The molecule has 11 heteroatoms. The van der Waals surface area contributed by atoms with Crippen LogP contribution in [-0.4, -0.2) is 82.7 Å². The van der Waals surface area contributed by atoms with Crippen molar-refractivity contribution in [2.75, 3.05) is 50.8 Å². The van der Waals surface area contributed by atoms with Gasteiger partial charge in [-0.25, -0.2) is 8.78 Å². The van der Waals surface area contributed by atoms with Crippen LogP contribution in [0, 0.1) is 11.6 Å². The average Bonchev–Trinajstić information content (AvgIpc) is 2.92. The zero-order valence-electron chi connectivity index (χ0n) is 22.3. The third kappa shape index (κ3) is 5.77. The van der Waals surface area contributed by atoms with Crippen molar-refractivity contribution in [3.05, 3.63) is 53.6 Å². The second-order valence-electron chi connectivity index (χ2n) is 9.31. The minimum Gasteiger partial charge on any atom is -0.507 e. The zero-order chi connectivity index (χ0) is 28.3. The maximum Gasteiger partial charge on any atom is 0.319 e. The minimum absolute atomic E-state index is 0.0353. The number of carbonyl (C=O) groups excluding carboxylic acids is 1. The molecule has 3 aromatic rings. The largest absolute Gasteiger partial charge is 0.507 e. The molecule has 1 aromatic heterocycles. The van der Waals surface area contributed by atoms with Gasteiger partial charge in [-0.3, -0.25) is 4.79 Å². The van der Waals surface area contributed by atoms with Crippen LogP contribution in [0.25, 0.3) is 22.0 Å². The zero-order valence-corrected chi connectivity index (χ0v) is 23.0. The molecule has 1 amide bonds. The number of aromatic nitrogens is 2. The molecule has 1 N–H and O–H groups in total. The first-order valence-electron chi connectivity index (χ1n) is 12.9. The highest BCUT2D eigenvalue weighted by atomic mass is 35.5. The van der Waals surface area contributed by atoms with E-state index in [2.05, 4.69) is 21.4 Å². The number of fused-ring (bicyclic) bond motifs is 1. The van der Waals surface area contributed by atoms with Gasteiger partial charge in [0, 0.05) is 43.2 Å². The molecule has 1 saturated heterocycles. The predicted molar refractivity (Wildman–Crippen MR) is 148 cm³/mol. The van der Waals surface area contributed by atoms with E-state index in [1.807, 2.05) is 25.7 Å². The molecule has 4 rings (SSSR count). The number of ether oxygens (including phenoxy) is 1. The maximum atomic E-state index is 16.2. The fraction of sp³-hybridized carbons (Fsp3) is 0.393. The molecule has 0 bridgehead atoms. The summed E-state index contributed by atoms with van der Waals surface area (Å²) in [6.07, 6.45) is 1.28. The first kappa shape index (κ1) is 28.5. The lowest BCUT2D eigenvalue weighted by molar-refractivity contribution is -0.128. The van der Waals surface area contributed by atoms with Gasteiger partial charge in [0.2, 0.25) is 5.91 Å². The topological polar surface area (TPSA) is 82.0 Å². The van der Waals surface area contributed by atoms with Crippen molar-refractivity contribution in [3.63, 3.8) is 0 Å². The Morgan fingerprint density at radius 3 is 2.64 bits per heavy atom. The maximum absolute atomic E-state index is 16.2. The van der Waals surface area contributed by atoms with Crippen molar-refractivity contribution in [2.24, 2.45) is 0 Å². The van der Waals surface area contributed by atoms with Gasteiger partial charge in [-0.05, 0) is 44.3 Å². The summed E-state index contributed by atoms with van der Waals surface area (Å²) in [5.74, 6) is -1.95. The molecule has 208 valence electrons. The van der Waals surface area contributed by atoms with E-state index in [1.165, 1.54) is 24.3 Å². The number of benzene rings is 2. The first-order valence-corrected chi connectivity index (χ1v) is 13.3. The van der Waals surface area contributed by atoms with Crippen molar-refractivity contribution in [1.29, 1.82) is 0 Å². The van der Waals surface area contributed by atoms with Crippen LogP contribution in [0.3, 0.4) is 0 Å². The molecule has 1 fully saturated rings. The number of anilines is 1. The van der Waals surface area contributed by atoms with Crippen LogP contribution in [0.4, 0.5) is 14.6 Å². The number of halogens is 3. The number of phenols is 1. The monoisotopic (exact) mass is 559 g/mol. The summed E-state index contributed by atoms with van der Waals surface area (Å²) in [4.78, 5) is 27.0. The normalized spacial score (nSPS) is 15.7. The van der Waals surface area contributed by atoms with E-state index in [-0.39, 0.29) is 46.2 Å². The van der Waals surface area contributed by atoms with Gasteiger partial charge < -0.3 is 24.5 Å². The summed E-state index contributed by atoms with van der Waals surface area (Å²) in [6, 6.07) is 4.97. The summed E-state index contributed by atoms with van der Waals surface area (Å²) in [5.41, 5.74) is -0.762. The molecule has 0 spiro atoms. The van der Waals surface area contributed by atoms with Gasteiger partial charge >= 0.3 is 6.01 Å². The van der Waals surface area contributed by atoms with Gasteiger partial charge in [-0.1, -0.05) is 38.1 Å². The molecule has 1 aliphatic rings. The Balaban J connectivity index is 1.82. The number of nitrogens with zero attached hydrogens (tertiary/aromatic N) is 5. The highest BCUT2D eigenvalue weighted by Gasteiger charge is 2.30. The Morgan fingerprint density at radius 1 is 1.26 bits per heavy atom. The second kappa shape index (κ2) is 12.1. The Morgan fingerprint density at radius 2 is 2.00 bits per heavy atom. The van der Waals surface area contributed by atoms with Gasteiger partial charge in [-0.15, -0.1) is 0 Å². The van der Waals surface area contributed by atoms with Crippen LogP contribution >= 0.6 is 11.6 Å². The highest BCUT2D eigenvalue weighted by molar-refractivity contribution is 6.34. The quantitative estimate of drug-likeness (QED) is 0.374. The van der Waals surface area contributed by atoms with Crippen LogP contribution < -0.4 is 9.64 Å². The Labute approximate surface area is 231 Å². The van der Waals surface area contributed by atoms with Gasteiger partial charge in [-0.2, -0.15) is 9.97 Å². The van der Waals surface area contributed by atoms with Crippen molar-refractivity contribution in [3.8, 4) is 22.9 Å². The number of aromatic hydroxyl groups is 1. The number of hydrogen-bond acceptors (Lipinski definition) is 7. The van der Waals surface area contributed by atoms with Gasteiger partial charge in [0.25, 0.3) is 0 Å². The molecular weight excluding hydrogens is 528 g/mol. The predicted octanol–water partition coefficient (Wildman–Crippen LogP) is 4.88. The number of likely N-dealkylation sites (N-methyl/N-ethyl adjacent to an activating group) is 1. The van der Waals surface area contributed by atoms with E-state index in [0.29, 0.717) is 37.4 Å². The van der Waals surface area contributed by atoms with E-state index >= 15 is 4.39 Å². The van der Waals surface area contributed by atoms with Crippen LogP contribution in [0.1, 0.15) is 20.8 Å². The molecule has 0 aliphatic carbocycles. The minimum atomic E-state index is -0.899. The lowest BCUT2D eigenvalue weighted by atomic mass is 10.0. The summed E-state index contributed by atoms with van der Waals surface area (Å²) >= 11 is 6.51. The standard InChI is InChI=1S/C28H32ClF2N5O3/c1-5-22(38)36-12-11-35(16-17(36)4)27-18-15-19(29)23(24-20(30)9-8-10-21(24)37)25(31)26(18)32-28(33-27)39-14-13-34(6-2)7-3/h5,8-10,15,17,37H,1,6-7,11-14,16H2,2-4H3/t17-/m1/s1. The molecule has 0 radical (unpaired) electrons. The molecule has 39 heavy (non-hydrogen) atoms. The van der Waals surface area contributed by atoms with Crippen LogP contribution in [0.15, 0.2) is 36.9 Å². The third-order valence-electron chi connectivity index (χ3n) is 7.00. The molecule has 8 nitrogen and oxygen atoms in total. The SMILES string of the molecule is C=CC(=O)N1CCN(c2nc(OCCN(CC)CC)nc3c(F)c(-c4c(O)cccc4F)c(Cl)cc23)C[C@H]1C. The average molecular weight is 560 g/mol. The fourth-order valence-corrected chi connectivity index (χ4v) is 5.14. The Bertz CT molecular complexity index is 1370. The molecule has 1 aliphatic heterocycles. The fourth-order valence-electron chi connectivity index (χ4n) is 4.86. The Kier molecular flexibility index (Phi) is 8.87. The number of phenolic OH excluding ortho intramolecular Hbond substituents is 1. The van der Waals surface area contributed by atoms with Crippen molar-refractivity contribution >= 4 is 34.2 Å². The highest BCUT2D eigenvalue weighted by Crippen LogP contribution is 2.42. The van der Waals surface area contributed by atoms with Crippen molar-refractivity contribution in [1.82, 2.24) is 19.8 Å². The van der Waals surface area contributed by atoms with Crippen LogP contribution in [0.2, 0.25) is 5.02 Å². The summed E-state index contributed by atoms with van der Waals surface area (Å²) in [5, 5.41) is 10.5. The number of hydrogen-bond donors (Lipinski definition) is 1. The molecule has 2 heterocycles. The van der Waals surface area contributed by atoms with Gasteiger partial charge in [0.15, 0.2) is 5.82 Å². The van der Waals surface area contributed by atoms with Gasteiger partial charge in [0.05, 0.1) is 10.6 Å². The number of piperazine rings is 1.